The average Bonchev–Trinajstić information content (AvgIpc) is 2.37. The lowest BCUT2D eigenvalue weighted by Gasteiger charge is -2.20. The molecule has 0 heterocycles. The van der Waals surface area contributed by atoms with Gasteiger partial charge in [0.25, 0.3) is 0 Å². The highest BCUT2D eigenvalue weighted by Crippen LogP contribution is 2.49. The first kappa shape index (κ1) is 11.9. The van der Waals surface area contributed by atoms with Crippen LogP contribution in [0.25, 0.3) is 0 Å². The van der Waals surface area contributed by atoms with Crippen molar-refractivity contribution in [3.8, 4) is 5.75 Å². The Bertz CT molecular complexity index is 413. The fourth-order valence-corrected chi connectivity index (χ4v) is 3.52. The molecule has 1 atom stereocenters. The van der Waals surface area contributed by atoms with E-state index in [1.165, 1.54) is 5.56 Å². The minimum atomic E-state index is -0.373. The first-order valence-electron chi connectivity index (χ1n) is 5.60. The second-order valence-corrected chi connectivity index (χ2v) is 5.76. The molecule has 1 aromatic rings. The van der Waals surface area contributed by atoms with E-state index in [0.29, 0.717) is 6.61 Å². The number of aliphatic hydroxyl groups is 1. The summed E-state index contributed by atoms with van der Waals surface area (Å²) >= 11 is 3.58. The van der Waals surface area contributed by atoms with Crippen molar-refractivity contribution in [1.82, 2.24) is 0 Å². The normalized spacial score (nSPS) is 21.9. The smallest absolute Gasteiger partial charge is 0.120 e. The van der Waals surface area contributed by atoms with Gasteiger partial charge < -0.3 is 9.84 Å². The quantitative estimate of drug-likeness (QED) is 0.900. The number of rotatable bonds is 2. The van der Waals surface area contributed by atoms with Crippen LogP contribution in [0, 0.1) is 0 Å². The Labute approximate surface area is 105 Å². The highest BCUT2D eigenvalue weighted by atomic mass is 79.9. The summed E-state index contributed by atoms with van der Waals surface area (Å²) in [5, 5.41) is 10.1. The van der Waals surface area contributed by atoms with Crippen LogP contribution in [0.3, 0.4) is 0 Å². The molecule has 0 saturated carbocycles. The van der Waals surface area contributed by atoms with E-state index >= 15 is 0 Å². The summed E-state index contributed by atoms with van der Waals surface area (Å²) in [5.41, 5.74) is 2.24. The number of halogens is 1. The Morgan fingerprint density at radius 1 is 1.50 bits per heavy atom. The number of ether oxygens (including phenoxy) is 1. The molecular weight excluding hydrogens is 268 g/mol. The lowest BCUT2D eigenvalue weighted by Crippen LogP contribution is -2.13. The lowest BCUT2D eigenvalue weighted by atomic mass is 9.86. The van der Waals surface area contributed by atoms with E-state index in [9.17, 15) is 5.11 Å². The third-order valence-electron chi connectivity index (χ3n) is 3.14. The van der Waals surface area contributed by atoms with Crippen LogP contribution < -0.4 is 4.74 Å². The van der Waals surface area contributed by atoms with Crippen LogP contribution in [-0.2, 0) is 5.41 Å². The van der Waals surface area contributed by atoms with Gasteiger partial charge in [-0.25, -0.2) is 0 Å². The summed E-state index contributed by atoms with van der Waals surface area (Å²) in [6.45, 7) is 6.92. The molecule has 0 fully saturated rings. The molecule has 0 unspecified atom stereocenters. The van der Waals surface area contributed by atoms with Crippen LogP contribution in [-0.4, -0.2) is 11.7 Å². The zero-order valence-corrected chi connectivity index (χ0v) is 11.5. The fourth-order valence-electron chi connectivity index (χ4n) is 2.52. The van der Waals surface area contributed by atoms with E-state index in [2.05, 4.69) is 29.8 Å². The van der Waals surface area contributed by atoms with E-state index in [-0.39, 0.29) is 11.5 Å². The van der Waals surface area contributed by atoms with Gasteiger partial charge in [-0.15, -0.1) is 0 Å². The zero-order valence-electron chi connectivity index (χ0n) is 9.88. The van der Waals surface area contributed by atoms with Crippen LogP contribution in [0.4, 0.5) is 0 Å². The van der Waals surface area contributed by atoms with E-state index in [4.69, 9.17) is 4.74 Å². The van der Waals surface area contributed by atoms with Gasteiger partial charge >= 0.3 is 0 Å². The monoisotopic (exact) mass is 284 g/mol. The standard InChI is InChI=1S/C13H17BrO2/c1-4-16-8-5-9-11(15)7-13(2,3)12(9)10(14)6-8/h5-6,11,15H,4,7H2,1-3H3/t11-/m1/s1. The summed E-state index contributed by atoms with van der Waals surface area (Å²) in [7, 11) is 0. The lowest BCUT2D eigenvalue weighted by molar-refractivity contribution is 0.161. The SMILES string of the molecule is CCOc1cc(Br)c2c(c1)[C@H](O)CC2(C)C. The van der Waals surface area contributed by atoms with Crippen LogP contribution in [0.15, 0.2) is 16.6 Å². The van der Waals surface area contributed by atoms with Gasteiger partial charge in [0.1, 0.15) is 5.75 Å². The summed E-state index contributed by atoms with van der Waals surface area (Å²) in [6.07, 6.45) is 0.401. The van der Waals surface area contributed by atoms with Crippen molar-refractivity contribution >= 4 is 15.9 Å². The number of aliphatic hydroxyl groups excluding tert-OH is 1. The van der Waals surface area contributed by atoms with Crippen molar-refractivity contribution in [3.63, 3.8) is 0 Å². The third-order valence-corrected chi connectivity index (χ3v) is 3.77. The van der Waals surface area contributed by atoms with Gasteiger partial charge in [-0.2, -0.15) is 0 Å². The highest BCUT2D eigenvalue weighted by Gasteiger charge is 2.38. The molecule has 0 saturated heterocycles. The Balaban J connectivity index is 2.53. The maximum atomic E-state index is 10.1. The Morgan fingerprint density at radius 2 is 2.19 bits per heavy atom. The van der Waals surface area contributed by atoms with Crippen LogP contribution in [0.1, 0.15) is 44.4 Å². The largest absolute Gasteiger partial charge is 0.494 e. The summed E-state index contributed by atoms with van der Waals surface area (Å²) in [4.78, 5) is 0. The zero-order chi connectivity index (χ0) is 11.9. The number of fused-ring (bicyclic) bond motifs is 1. The Kier molecular flexibility index (Phi) is 3.01. The van der Waals surface area contributed by atoms with Gasteiger partial charge in [0.05, 0.1) is 12.7 Å². The van der Waals surface area contributed by atoms with Crippen molar-refractivity contribution in [1.29, 1.82) is 0 Å². The number of hydrogen-bond donors (Lipinski definition) is 1. The van der Waals surface area contributed by atoms with Crippen molar-refractivity contribution in [2.24, 2.45) is 0 Å². The van der Waals surface area contributed by atoms with Gasteiger partial charge in [0, 0.05) is 4.47 Å². The molecule has 0 bridgehead atoms. The first-order chi connectivity index (χ1) is 7.45. The maximum absolute atomic E-state index is 10.1. The molecule has 0 aliphatic heterocycles. The molecule has 1 aromatic carbocycles. The van der Waals surface area contributed by atoms with Crippen molar-refractivity contribution in [2.45, 2.75) is 38.7 Å². The summed E-state index contributed by atoms with van der Waals surface area (Å²) in [6, 6.07) is 3.95. The maximum Gasteiger partial charge on any atom is 0.120 e. The minimum Gasteiger partial charge on any atom is -0.494 e. The Hall–Kier alpha value is -0.540. The van der Waals surface area contributed by atoms with Crippen molar-refractivity contribution in [2.75, 3.05) is 6.61 Å². The molecule has 2 rings (SSSR count). The second kappa shape index (κ2) is 4.04. The molecule has 16 heavy (non-hydrogen) atoms. The van der Waals surface area contributed by atoms with Gasteiger partial charge in [0.2, 0.25) is 0 Å². The Morgan fingerprint density at radius 3 is 2.81 bits per heavy atom. The van der Waals surface area contributed by atoms with Crippen LogP contribution >= 0.6 is 15.9 Å². The molecule has 1 aliphatic carbocycles. The van der Waals surface area contributed by atoms with E-state index < -0.39 is 0 Å². The minimum absolute atomic E-state index is 0.0261. The topological polar surface area (TPSA) is 29.5 Å². The molecular formula is C13H17BrO2. The molecule has 0 amide bonds. The summed E-state index contributed by atoms with van der Waals surface area (Å²) in [5.74, 6) is 0.824. The number of hydrogen-bond acceptors (Lipinski definition) is 2. The van der Waals surface area contributed by atoms with Crippen LogP contribution in [0.5, 0.6) is 5.75 Å². The molecule has 0 radical (unpaired) electrons. The van der Waals surface area contributed by atoms with Gasteiger partial charge in [0.15, 0.2) is 0 Å². The summed E-state index contributed by atoms with van der Waals surface area (Å²) < 4.78 is 6.52. The van der Waals surface area contributed by atoms with Gasteiger partial charge in [-0.05, 0) is 42.0 Å². The predicted octanol–water partition coefficient (Wildman–Crippen LogP) is 3.56. The fraction of sp³-hybridized carbons (Fsp3) is 0.538. The van der Waals surface area contributed by atoms with Crippen LogP contribution in [0.2, 0.25) is 0 Å². The van der Waals surface area contributed by atoms with Gasteiger partial charge in [-0.3, -0.25) is 0 Å². The predicted molar refractivity (Wildman–Crippen MR) is 67.9 cm³/mol. The van der Waals surface area contributed by atoms with E-state index in [1.807, 2.05) is 19.1 Å². The average molecular weight is 285 g/mol. The van der Waals surface area contributed by atoms with Crippen molar-refractivity contribution < 1.29 is 9.84 Å². The molecule has 2 nitrogen and oxygen atoms in total. The molecule has 0 spiro atoms. The molecule has 1 aliphatic rings. The third kappa shape index (κ3) is 1.87. The van der Waals surface area contributed by atoms with Crippen molar-refractivity contribution in [3.05, 3.63) is 27.7 Å². The van der Waals surface area contributed by atoms with E-state index in [0.717, 1.165) is 22.2 Å². The number of benzene rings is 1. The molecule has 88 valence electrons. The highest BCUT2D eigenvalue weighted by molar-refractivity contribution is 9.10. The second-order valence-electron chi connectivity index (χ2n) is 4.91. The molecule has 0 aromatic heterocycles. The van der Waals surface area contributed by atoms with Gasteiger partial charge in [-0.1, -0.05) is 29.8 Å². The molecule has 3 heteroatoms. The first-order valence-corrected chi connectivity index (χ1v) is 6.40. The molecule has 1 N–H and O–H groups in total. The van der Waals surface area contributed by atoms with E-state index in [1.54, 1.807) is 0 Å².